The van der Waals surface area contributed by atoms with Crippen molar-refractivity contribution in [1.29, 1.82) is 0 Å². The molecular weight excluding hydrogens is 432 g/mol. The van der Waals surface area contributed by atoms with Crippen LogP contribution in [0.25, 0.3) is 10.8 Å². The second-order valence-corrected chi connectivity index (χ2v) is 10.8. The summed E-state index contributed by atoms with van der Waals surface area (Å²) in [6.45, 7) is 1.17. The Kier molecular flexibility index (Phi) is 5.45. The first kappa shape index (κ1) is 20.5. The molecule has 0 saturated carbocycles. The quantitative estimate of drug-likeness (QED) is 0.585. The largest absolute Gasteiger partial charge is 0.376 e. The van der Waals surface area contributed by atoms with Gasteiger partial charge in [0.15, 0.2) is 0 Å². The summed E-state index contributed by atoms with van der Waals surface area (Å²) in [6, 6.07) is 12.7. The van der Waals surface area contributed by atoms with E-state index in [2.05, 4.69) is 10.0 Å². The second-order valence-electron chi connectivity index (χ2n) is 8.02. The van der Waals surface area contributed by atoms with E-state index in [1.807, 2.05) is 24.3 Å². The van der Waals surface area contributed by atoms with Crippen LogP contribution < -0.4 is 10.0 Å². The molecule has 0 bridgehead atoms. The van der Waals surface area contributed by atoms with Crippen LogP contribution >= 0.6 is 11.3 Å². The molecule has 6 nitrogen and oxygen atoms in total. The average Bonchev–Trinajstić information content (AvgIpc) is 3.49. The molecule has 2 aliphatic rings. The summed E-state index contributed by atoms with van der Waals surface area (Å²) in [5.41, 5.74) is 1.45. The van der Waals surface area contributed by atoms with Crippen LogP contribution in [0.4, 0.5) is 5.00 Å². The lowest BCUT2D eigenvalue weighted by Crippen LogP contribution is -2.32. The van der Waals surface area contributed by atoms with Crippen LogP contribution in [0.1, 0.15) is 40.1 Å². The zero-order valence-corrected chi connectivity index (χ0v) is 18.7. The van der Waals surface area contributed by atoms with Crippen LogP contribution in [0.5, 0.6) is 0 Å². The van der Waals surface area contributed by atoms with Crippen molar-refractivity contribution >= 4 is 43.0 Å². The molecule has 0 spiro atoms. The summed E-state index contributed by atoms with van der Waals surface area (Å²) >= 11 is 1.38. The fourth-order valence-corrected chi connectivity index (χ4v) is 6.96. The Hall–Kier alpha value is -2.42. The first-order valence-corrected chi connectivity index (χ1v) is 12.9. The highest BCUT2D eigenvalue weighted by Crippen LogP contribution is 2.40. The molecule has 1 aromatic heterocycles. The van der Waals surface area contributed by atoms with Gasteiger partial charge in [0.05, 0.1) is 16.6 Å². The maximum absolute atomic E-state index is 13.2. The van der Waals surface area contributed by atoms with Crippen molar-refractivity contribution in [2.75, 3.05) is 17.9 Å². The number of anilines is 1. The van der Waals surface area contributed by atoms with Crippen molar-refractivity contribution in [3.63, 3.8) is 0 Å². The Morgan fingerprint density at radius 3 is 2.74 bits per heavy atom. The second kappa shape index (κ2) is 8.26. The minimum atomic E-state index is -3.82. The van der Waals surface area contributed by atoms with Crippen LogP contribution in [0.3, 0.4) is 0 Å². The summed E-state index contributed by atoms with van der Waals surface area (Å²) in [4.78, 5) is 14.3. The summed E-state index contributed by atoms with van der Waals surface area (Å²) in [6.07, 6.45) is 4.64. The predicted octanol–water partition coefficient (Wildman–Crippen LogP) is 4.10. The van der Waals surface area contributed by atoms with Crippen molar-refractivity contribution in [3.05, 3.63) is 58.5 Å². The van der Waals surface area contributed by atoms with E-state index in [-0.39, 0.29) is 16.9 Å². The monoisotopic (exact) mass is 456 g/mol. The highest BCUT2D eigenvalue weighted by molar-refractivity contribution is 7.93. The van der Waals surface area contributed by atoms with E-state index in [0.29, 0.717) is 17.1 Å². The van der Waals surface area contributed by atoms with Gasteiger partial charge in [-0.05, 0) is 60.6 Å². The number of hydrogen-bond donors (Lipinski definition) is 2. The molecule has 2 heterocycles. The normalized spacial score (nSPS) is 18.3. The molecule has 5 rings (SSSR count). The molecule has 0 radical (unpaired) electrons. The standard InChI is InChI=1S/C23H24N2O4S2/c26-22(24-14-17-7-4-12-29-17)21-19-8-3-9-20(19)30-23(21)25-31(27,28)18-11-10-15-5-1-2-6-16(15)13-18/h1-2,5-6,10-11,13,17,25H,3-4,7-9,12,14H2,(H,24,26)/t17-/m0/s1. The van der Waals surface area contributed by atoms with Crippen LogP contribution in [-0.4, -0.2) is 33.6 Å². The van der Waals surface area contributed by atoms with Gasteiger partial charge in [0.1, 0.15) is 5.00 Å². The molecule has 162 valence electrons. The lowest BCUT2D eigenvalue weighted by molar-refractivity contribution is 0.0858. The number of carbonyl (C=O) groups is 1. The first-order chi connectivity index (χ1) is 15.0. The number of ether oxygens (including phenoxy) is 1. The van der Waals surface area contributed by atoms with Crippen molar-refractivity contribution in [1.82, 2.24) is 5.32 Å². The van der Waals surface area contributed by atoms with Crippen molar-refractivity contribution in [2.45, 2.75) is 43.1 Å². The Bertz CT molecular complexity index is 1240. The average molecular weight is 457 g/mol. The topological polar surface area (TPSA) is 84.5 Å². The van der Waals surface area contributed by atoms with Crippen LogP contribution in [-0.2, 0) is 27.6 Å². The molecule has 1 aliphatic heterocycles. The van der Waals surface area contributed by atoms with Gasteiger partial charge in [-0.1, -0.05) is 30.3 Å². The zero-order valence-electron chi connectivity index (χ0n) is 17.0. The van der Waals surface area contributed by atoms with E-state index >= 15 is 0 Å². The number of benzene rings is 2. The summed E-state index contributed by atoms with van der Waals surface area (Å²) in [5, 5.41) is 5.19. The van der Waals surface area contributed by atoms with Gasteiger partial charge in [-0.15, -0.1) is 11.3 Å². The van der Waals surface area contributed by atoms with E-state index in [1.54, 1.807) is 18.2 Å². The van der Waals surface area contributed by atoms with Gasteiger partial charge in [0.25, 0.3) is 15.9 Å². The van der Waals surface area contributed by atoms with Gasteiger partial charge in [-0.25, -0.2) is 8.42 Å². The molecule has 1 amide bonds. The number of aryl methyl sites for hydroxylation is 1. The van der Waals surface area contributed by atoms with Gasteiger partial charge in [0.2, 0.25) is 0 Å². The predicted molar refractivity (Wildman–Crippen MR) is 122 cm³/mol. The molecule has 8 heteroatoms. The number of sulfonamides is 1. The van der Waals surface area contributed by atoms with E-state index < -0.39 is 10.0 Å². The third kappa shape index (κ3) is 4.07. The van der Waals surface area contributed by atoms with Gasteiger partial charge < -0.3 is 10.1 Å². The third-order valence-electron chi connectivity index (χ3n) is 5.92. The number of nitrogens with one attached hydrogen (secondary N) is 2. The van der Waals surface area contributed by atoms with Gasteiger partial charge in [-0.2, -0.15) is 0 Å². The molecular formula is C23H24N2O4S2. The Balaban J connectivity index is 1.43. The molecule has 1 fully saturated rings. The number of rotatable bonds is 6. The molecule has 0 unspecified atom stereocenters. The minimum Gasteiger partial charge on any atom is -0.376 e. The summed E-state index contributed by atoms with van der Waals surface area (Å²) in [5.74, 6) is -0.230. The minimum absolute atomic E-state index is 0.0355. The van der Waals surface area contributed by atoms with Gasteiger partial charge in [0, 0.05) is 18.0 Å². The smallest absolute Gasteiger partial charge is 0.262 e. The van der Waals surface area contributed by atoms with Crippen LogP contribution in [0, 0.1) is 0 Å². The van der Waals surface area contributed by atoms with Crippen molar-refractivity contribution in [3.8, 4) is 0 Å². The molecule has 31 heavy (non-hydrogen) atoms. The van der Waals surface area contributed by atoms with Gasteiger partial charge >= 0.3 is 0 Å². The highest BCUT2D eigenvalue weighted by atomic mass is 32.2. The maximum atomic E-state index is 13.2. The van der Waals surface area contributed by atoms with E-state index in [0.717, 1.165) is 59.9 Å². The first-order valence-electron chi connectivity index (χ1n) is 10.6. The number of fused-ring (bicyclic) bond motifs is 2. The Morgan fingerprint density at radius 1 is 1.10 bits per heavy atom. The highest BCUT2D eigenvalue weighted by Gasteiger charge is 2.29. The van der Waals surface area contributed by atoms with E-state index in [4.69, 9.17) is 4.74 Å². The van der Waals surface area contributed by atoms with Crippen molar-refractivity contribution < 1.29 is 17.9 Å². The molecule has 2 N–H and O–H groups in total. The fourth-order valence-electron chi connectivity index (χ4n) is 4.33. The van der Waals surface area contributed by atoms with E-state index in [9.17, 15) is 13.2 Å². The number of carbonyl (C=O) groups excluding carboxylic acids is 1. The zero-order chi connectivity index (χ0) is 21.4. The maximum Gasteiger partial charge on any atom is 0.262 e. The van der Waals surface area contributed by atoms with Crippen LogP contribution in [0.15, 0.2) is 47.4 Å². The lowest BCUT2D eigenvalue weighted by Gasteiger charge is -2.13. The fraction of sp³-hybridized carbons (Fsp3) is 0.348. The van der Waals surface area contributed by atoms with Crippen molar-refractivity contribution in [2.24, 2.45) is 0 Å². The van der Waals surface area contributed by atoms with Gasteiger partial charge in [-0.3, -0.25) is 9.52 Å². The number of amides is 1. The summed E-state index contributed by atoms with van der Waals surface area (Å²) < 4.78 is 34.6. The molecule has 2 aromatic carbocycles. The van der Waals surface area contributed by atoms with Crippen LogP contribution in [0.2, 0.25) is 0 Å². The Labute approximate surface area is 185 Å². The lowest BCUT2D eigenvalue weighted by atomic mass is 10.1. The molecule has 1 aliphatic carbocycles. The molecule has 1 atom stereocenters. The number of hydrogen-bond acceptors (Lipinski definition) is 5. The van der Waals surface area contributed by atoms with E-state index in [1.165, 1.54) is 11.3 Å². The third-order valence-corrected chi connectivity index (χ3v) is 8.60. The summed E-state index contributed by atoms with van der Waals surface area (Å²) in [7, 11) is -3.82. The molecule has 3 aromatic rings. The molecule has 1 saturated heterocycles. The Morgan fingerprint density at radius 2 is 1.94 bits per heavy atom. The SMILES string of the molecule is O=C(NC[C@@H]1CCCO1)c1c(NS(=O)(=O)c2ccc3ccccc3c2)sc2c1CCC2. The number of thiophene rings is 1.